The minimum absolute atomic E-state index is 0.0767. The Morgan fingerprint density at radius 3 is 3.06 bits per heavy atom. The van der Waals surface area contributed by atoms with E-state index in [1.807, 2.05) is 6.92 Å². The molecule has 1 N–H and O–H groups in total. The van der Waals surface area contributed by atoms with E-state index in [1.54, 1.807) is 22.5 Å². The second-order valence-corrected chi connectivity index (χ2v) is 4.13. The summed E-state index contributed by atoms with van der Waals surface area (Å²) in [6.07, 6.45) is 3.40. The number of carboxylic acid groups (broad SMARTS) is 1. The third-order valence-electron chi connectivity index (χ3n) is 2.05. The summed E-state index contributed by atoms with van der Waals surface area (Å²) in [5, 5.41) is 14.5. The Bertz CT molecular complexity index is 520. The minimum atomic E-state index is -1.01. The summed E-state index contributed by atoms with van der Waals surface area (Å²) in [5.74, 6) is -0.364. The van der Waals surface area contributed by atoms with Gasteiger partial charge in [-0.15, -0.1) is 11.3 Å². The van der Waals surface area contributed by atoms with Crippen molar-refractivity contribution in [2.75, 3.05) is 0 Å². The van der Waals surface area contributed by atoms with Crippen LogP contribution < -0.4 is 4.74 Å². The fraction of sp³-hybridized carbons (Fsp3) is 0.300. The van der Waals surface area contributed by atoms with Gasteiger partial charge in [-0.3, -0.25) is 4.68 Å². The van der Waals surface area contributed by atoms with Crippen LogP contribution in [0.1, 0.15) is 22.4 Å². The number of aromatic carboxylic acids is 1. The van der Waals surface area contributed by atoms with Gasteiger partial charge in [-0.25, -0.2) is 9.78 Å². The Kier molecular flexibility index (Phi) is 3.38. The Hall–Kier alpha value is -1.89. The van der Waals surface area contributed by atoms with Crippen molar-refractivity contribution >= 4 is 17.3 Å². The van der Waals surface area contributed by atoms with Crippen molar-refractivity contribution in [2.45, 2.75) is 20.1 Å². The molecule has 0 aliphatic carbocycles. The number of hydrogen-bond acceptors (Lipinski definition) is 5. The van der Waals surface area contributed by atoms with E-state index in [9.17, 15) is 4.79 Å². The van der Waals surface area contributed by atoms with Crippen LogP contribution in [0.2, 0.25) is 0 Å². The zero-order valence-electron chi connectivity index (χ0n) is 9.16. The van der Waals surface area contributed by atoms with Gasteiger partial charge in [0.1, 0.15) is 6.61 Å². The van der Waals surface area contributed by atoms with Crippen LogP contribution in [0.25, 0.3) is 0 Å². The van der Waals surface area contributed by atoms with Crippen molar-refractivity contribution < 1.29 is 14.6 Å². The lowest BCUT2D eigenvalue weighted by Gasteiger charge is -1.99. The molecule has 90 valence electrons. The first-order chi connectivity index (χ1) is 8.19. The van der Waals surface area contributed by atoms with E-state index >= 15 is 0 Å². The van der Waals surface area contributed by atoms with Crippen LogP contribution >= 0.6 is 11.3 Å². The van der Waals surface area contributed by atoms with Crippen LogP contribution in [0.5, 0.6) is 5.75 Å². The van der Waals surface area contributed by atoms with E-state index in [1.165, 1.54) is 0 Å². The van der Waals surface area contributed by atoms with Crippen molar-refractivity contribution in [1.29, 1.82) is 0 Å². The second kappa shape index (κ2) is 4.96. The average Bonchev–Trinajstić information content (AvgIpc) is 2.95. The molecule has 0 spiro atoms. The smallest absolute Gasteiger partial charge is 0.365 e. The molecule has 0 radical (unpaired) electrons. The first-order valence-electron chi connectivity index (χ1n) is 5.02. The Balaban J connectivity index is 1.94. The predicted molar refractivity (Wildman–Crippen MR) is 61.3 cm³/mol. The van der Waals surface area contributed by atoms with Crippen LogP contribution in [0.4, 0.5) is 0 Å². The molecular weight excluding hydrogens is 242 g/mol. The maximum absolute atomic E-state index is 10.6. The molecule has 0 fully saturated rings. The van der Waals surface area contributed by atoms with Crippen LogP contribution in [-0.4, -0.2) is 25.8 Å². The highest BCUT2D eigenvalue weighted by molar-refractivity contribution is 7.11. The predicted octanol–water partition coefficient (Wildman–Crippen LogP) is 1.64. The Labute approximate surface area is 101 Å². The third kappa shape index (κ3) is 2.82. The van der Waals surface area contributed by atoms with E-state index in [4.69, 9.17) is 9.84 Å². The van der Waals surface area contributed by atoms with Gasteiger partial charge in [0.15, 0.2) is 5.75 Å². The van der Waals surface area contributed by atoms with Crippen molar-refractivity contribution in [2.24, 2.45) is 0 Å². The number of nitrogens with zero attached hydrogens (tertiary/aromatic N) is 3. The van der Waals surface area contributed by atoms with Crippen molar-refractivity contribution in [1.82, 2.24) is 14.8 Å². The van der Waals surface area contributed by atoms with Crippen LogP contribution in [-0.2, 0) is 13.2 Å². The van der Waals surface area contributed by atoms with Crippen molar-refractivity contribution in [3.05, 3.63) is 28.5 Å². The SMILES string of the molecule is CCn1cc(OCc2csc(C(=O)O)n2)cn1. The maximum Gasteiger partial charge on any atom is 0.365 e. The minimum Gasteiger partial charge on any atom is -0.484 e. The number of rotatable bonds is 5. The number of ether oxygens (including phenoxy) is 1. The molecule has 0 aliphatic heterocycles. The van der Waals surface area contributed by atoms with Crippen LogP contribution in [0.15, 0.2) is 17.8 Å². The quantitative estimate of drug-likeness (QED) is 0.876. The second-order valence-electron chi connectivity index (χ2n) is 3.27. The van der Waals surface area contributed by atoms with E-state index in [0.717, 1.165) is 17.9 Å². The lowest BCUT2D eigenvalue weighted by atomic mass is 10.5. The molecule has 0 aliphatic rings. The molecule has 0 saturated carbocycles. The molecule has 2 heterocycles. The fourth-order valence-corrected chi connectivity index (χ4v) is 1.86. The number of carboxylic acids is 1. The molecule has 0 bridgehead atoms. The zero-order chi connectivity index (χ0) is 12.3. The topological polar surface area (TPSA) is 77.2 Å². The number of aromatic nitrogens is 3. The molecule has 2 aromatic heterocycles. The van der Waals surface area contributed by atoms with Gasteiger partial charge < -0.3 is 9.84 Å². The summed E-state index contributed by atoms with van der Waals surface area (Å²) in [7, 11) is 0. The highest BCUT2D eigenvalue weighted by atomic mass is 32.1. The van der Waals surface area contributed by atoms with E-state index in [-0.39, 0.29) is 11.6 Å². The zero-order valence-corrected chi connectivity index (χ0v) is 9.98. The van der Waals surface area contributed by atoms with Gasteiger partial charge in [-0.2, -0.15) is 5.10 Å². The van der Waals surface area contributed by atoms with E-state index in [2.05, 4.69) is 10.1 Å². The summed E-state index contributed by atoms with van der Waals surface area (Å²) in [6, 6.07) is 0. The molecule has 0 atom stereocenters. The summed E-state index contributed by atoms with van der Waals surface area (Å²) >= 11 is 1.09. The van der Waals surface area contributed by atoms with Gasteiger partial charge in [-0.05, 0) is 6.92 Å². The number of thiazole rings is 1. The van der Waals surface area contributed by atoms with Gasteiger partial charge in [-0.1, -0.05) is 0 Å². The molecule has 0 amide bonds. The van der Waals surface area contributed by atoms with Gasteiger partial charge in [0, 0.05) is 11.9 Å². The van der Waals surface area contributed by atoms with Crippen LogP contribution in [0, 0.1) is 0 Å². The van der Waals surface area contributed by atoms with Gasteiger partial charge in [0.25, 0.3) is 0 Å². The van der Waals surface area contributed by atoms with Crippen LogP contribution in [0.3, 0.4) is 0 Å². The summed E-state index contributed by atoms with van der Waals surface area (Å²) < 4.78 is 7.18. The third-order valence-corrected chi connectivity index (χ3v) is 2.93. The van der Waals surface area contributed by atoms with Crippen molar-refractivity contribution in [3.63, 3.8) is 0 Å². The molecule has 17 heavy (non-hydrogen) atoms. The standard InChI is InChI=1S/C10H11N3O3S/c1-2-13-4-8(3-11-13)16-5-7-6-17-9(12-7)10(14)15/h3-4,6H,2,5H2,1H3,(H,14,15). The first kappa shape index (κ1) is 11.6. The number of carbonyl (C=O) groups is 1. The fourth-order valence-electron chi connectivity index (χ4n) is 1.22. The normalized spacial score (nSPS) is 10.4. The average molecular weight is 253 g/mol. The largest absolute Gasteiger partial charge is 0.484 e. The van der Waals surface area contributed by atoms with Crippen molar-refractivity contribution in [3.8, 4) is 5.75 Å². The van der Waals surface area contributed by atoms with E-state index < -0.39 is 5.97 Å². The summed E-state index contributed by atoms with van der Waals surface area (Å²) in [5.41, 5.74) is 0.608. The highest BCUT2D eigenvalue weighted by Crippen LogP contribution is 2.14. The first-order valence-corrected chi connectivity index (χ1v) is 5.90. The number of hydrogen-bond donors (Lipinski definition) is 1. The molecule has 0 saturated heterocycles. The van der Waals surface area contributed by atoms with E-state index in [0.29, 0.717) is 11.4 Å². The molecule has 2 rings (SSSR count). The maximum atomic E-state index is 10.6. The number of aryl methyl sites for hydroxylation is 1. The van der Waals surface area contributed by atoms with Gasteiger partial charge in [0.05, 0.1) is 18.1 Å². The van der Waals surface area contributed by atoms with Gasteiger partial charge in [0.2, 0.25) is 5.01 Å². The monoisotopic (exact) mass is 253 g/mol. The summed E-state index contributed by atoms with van der Waals surface area (Å²) in [4.78, 5) is 14.5. The lowest BCUT2D eigenvalue weighted by Crippen LogP contribution is -1.98. The highest BCUT2D eigenvalue weighted by Gasteiger charge is 2.09. The molecule has 2 aromatic rings. The molecule has 7 heteroatoms. The van der Waals surface area contributed by atoms with Gasteiger partial charge >= 0.3 is 5.97 Å². The lowest BCUT2D eigenvalue weighted by molar-refractivity contribution is 0.0696. The summed E-state index contributed by atoms with van der Waals surface area (Å²) in [6.45, 7) is 3.01. The molecule has 0 unspecified atom stereocenters. The molecular formula is C10H11N3O3S. The Morgan fingerprint density at radius 1 is 1.65 bits per heavy atom. The molecule has 6 nitrogen and oxygen atoms in total. The Morgan fingerprint density at radius 2 is 2.47 bits per heavy atom. The molecule has 0 aromatic carbocycles.